The fraction of sp³-hybridized carbons (Fsp3) is 0.667. The van der Waals surface area contributed by atoms with Gasteiger partial charge in [0.2, 0.25) is 11.1 Å². The van der Waals surface area contributed by atoms with Crippen molar-refractivity contribution in [2.45, 2.75) is 67.5 Å². The van der Waals surface area contributed by atoms with Crippen molar-refractivity contribution < 1.29 is 35.9 Å². The maximum atomic E-state index is 13.4. The molecule has 0 aliphatic carbocycles. The standard InChI is InChI=1S/C24H36F3NO5S/c1-21(2,3)16-23(7,22(4,5)6)20(29)32-14-9-15-34(30)33-28-19(24(25,26)27)17-10-12-18(31-8)13-11-17/h10-13H,9,14-16H2,1-8H3. The number of nitrogens with zero attached hydrogens (tertiary/aromatic N) is 1. The Bertz CT molecular complexity index is 871. The second-order valence-corrected chi connectivity index (χ2v) is 11.7. The second kappa shape index (κ2) is 11.6. The third-order valence-electron chi connectivity index (χ3n) is 5.52. The molecule has 34 heavy (non-hydrogen) atoms. The molecule has 0 saturated heterocycles. The zero-order valence-electron chi connectivity index (χ0n) is 21.2. The molecule has 0 bridgehead atoms. The third kappa shape index (κ3) is 8.92. The van der Waals surface area contributed by atoms with E-state index in [4.69, 9.17) is 9.47 Å². The lowest BCUT2D eigenvalue weighted by molar-refractivity contribution is -0.164. The van der Waals surface area contributed by atoms with E-state index in [-0.39, 0.29) is 41.1 Å². The Morgan fingerprint density at radius 3 is 2.00 bits per heavy atom. The van der Waals surface area contributed by atoms with Crippen molar-refractivity contribution in [3.63, 3.8) is 0 Å². The smallest absolute Gasteiger partial charge is 0.437 e. The number of ether oxygens (including phenoxy) is 2. The maximum Gasteiger partial charge on any atom is 0.437 e. The molecule has 0 radical (unpaired) electrons. The third-order valence-corrected chi connectivity index (χ3v) is 6.38. The van der Waals surface area contributed by atoms with E-state index in [0.717, 1.165) is 0 Å². The minimum atomic E-state index is -4.81. The zero-order valence-corrected chi connectivity index (χ0v) is 22.0. The van der Waals surface area contributed by atoms with E-state index in [1.165, 1.54) is 31.4 Å². The highest BCUT2D eigenvalue weighted by Crippen LogP contribution is 2.47. The molecule has 10 heteroatoms. The van der Waals surface area contributed by atoms with Crippen LogP contribution in [0.25, 0.3) is 0 Å². The first-order valence-electron chi connectivity index (χ1n) is 10.9. The maximum absolute atomic E-state index is 13.4. The van der Waals surface area contributed by atoms with Crippen LogP contribution in [0.15, 0.2) is 29.4 Å². The van der Waals surface area contributed by atoms with E-state index >= 15 is 0 Å². The molecule has 0 aromatic heterocycles. The molecule has 0 spiro atoms. The lowest BCUT2D eigenvalue weighted by atomic mass is 9.61. The predicted octanol–water partition coefficient (Wildman–Crippen LogP) is 6.06. The predicted molar refractivity (Wildman–Crippen MR) is 127 cm³/mol. The van der Waals surface area contributed by atoms with Gasteiger partial charge in [0.05, 0.1) is 24.9 Å². The van der Waals surface area contributed by atoms with Crippen LogP contribution in [0.2, 0.25) is 0 Å². The summed E-state index contributed by atoms with van der Waals surface area (Å²) >= 11 is -2.13. The Labute approximate surface area is 202 Å². The SMILES string of the molecule is COc1ccc(C(=NOS(=O)CCCOC(=O)C(C)(CC(C)(C)C)C(C)(C)C)C(F)(F)F)cc1. The lowest BCUT2D eigenvalue weighted by Gasteiger charge is -2.43. The van der Waals surface area contributed by atoms with Crippen molar-refractivity contribution in [1.82, 2.24) is 0 Å². The van der Waals surface area contributed by atoms with Crippen LogP contribution in [0.5, 0.6) is 5.75 Å². The Kier molecular flexibility index (Phi) is 10.2. The van der Waals surface area contributed by atoms with E-state index < -0.39 is 28.4 Å². The van der Waals surface area contributed by atoms with Gasteiger partial charge in [-0.05, 0) is 54.9 Å². The lowest BCUT2D eigenvalue weighted by Crippen LogP contribution is -2.44. The molecule has 6 nitrogen and oxygen atoms in total. The fourth-order valence-corrected chi connectivity index (χ4v) is 3.92. The summed E-state index contributed by atoms with van der Waals surface area (Å²) in [5.41, 5.74) is -2.76. The van der Waals surface area contributed by atoms with Crippen LogP contribution in [-0.4, -0.2) is 41.5 Å². The van der Waals surface area contributed by atoms with Gasteiger partial charge in [-0.25, -0.2) is 4.21 Å². The highest BCUT2D eigenvalue weighted by molar-refractivity contribution is 7.80. The molecule has 0 aliphatic heterocycles. The molecule has 1 aromatic rings. The molecule has 0 heterocycles. The van der Waals surface area contributed by atoms with Crippen LogP contribution in [0.4, 0.5) is 13.2 Å². The summed E-state index contributed by atoms with van der Waals surface area (Å²) in [6.45, 7) is 13.9. The highest BCUT2D eigenvalue weighted by atomic mass is 32.2. The number of alkyl halides is 3. The minimum Gasteiger partial charge on any atom is -0.497 e. The zero-order chi connectivity index (χ0) is 26.4. The first kappa shape index (κ1) is 29.9. The number of rotatable bonds is 10. The number of halogens is 3. The van der Waals surface area contributed by atoms with Crippen LogP contribution >= 0.6 is 0 Å². The van der Waals surface area contributed by atoms with Gasteiger partial charge in [-0.2, -0.15) is 13.2 Å². The normalized spacial score (nSPS) is 15.9. The van der Waals surface area contributed by atoms with Gasteiger partial charge in [0, 0.05) is 5.56 Å². The monoisotopic (exact) mass is 507 g/mol. The van der Waals surface area contributed by atoms with Gasteiger partial charge in [0.1, 0.15) is 5.75 Å². The molecule has 0 N–H and O–H groups in total. The molecule has 0 fully saturated rings. The number of carbonyl (C=O) groups is 1. The molecule has 2 unspecified atom stereocenters. The second-order valence-electron chi connectivity index (χ2n) is 10.6. The van der Waals surface area contributed by atoms with Gasteiger partial charge in [-0.1, -0.05) is 46.7 Å². The van der Waals surface area contributed by atoms with Crippen molar-refractivity contribution in [3.8, 4) is 5.75 Å². The van der Waals surface area contributed by atoms with Gasteiger partial charge in [-0.3, -0.25) is 9.08 Å². The number of benzene rings is 1. The molecule has 2 atom stereocenters. The molecule has 0 saturated carbocycles. The number of carbonyl (C=O) groups excluding carboxylic acids is 1. The van der Waals surface area contributed by atoms with E-state index in [1.807, 2.05) is 48.5 Å². The van der Waals surface area contributed by atoms with Gasteiger partial charge in [0.15, 0.2) is 5.71 Å². The summed E-state index contributed by atoms with van der Waals surface area (Å²) in [4.78, 5) is 12.9. The van der Waals surface area contributed by atoms with Crippen LogP contribution in [0.1, 0.15) is 66.9 Å². The Morgan fingerprint density at radius 2 is 1.56 bits per heavy atom. The Balaban J connectivity index is 2.72. The summed E-state index contributed by atoms with van der Waals surface area (Å²) < 4.78 is 67.1. The summed E-state index contributed by atoms with van der Waals surface area (Å²) in [7, 11) is 1.39. The van der Waals surface area contributed by atoms with Gasteiger partial charge >= 0.3 is 12.1 Å². The molecule has 0 amide bonds. The van der Waals surface area contributed by atoms with Crippen molar-refractivity contribution >= 4 is 22.8 Å². The summed E-state index contributed by atoms with van der Waals surface area (Å²) in [6.07, 6.45) is -4.05. The van der Waals surface area contributed by atoms with Crippen molar-refractivity contribution in [3.05, 3.63) is 29.8 Å². The number of methoxy groups -OCH3 is 1. The van der Waals surface area contributed by atoms with Gasteiger partial charge in [-0.15, -0.1) is 0 Å². The molecule has 1 rings (SSSR count). The van der Waals surface area contributed by atoms with Crippen molar-refractivity contribution in [2.75, 3.05) is 19.5 Å². The first-order valence-corrected chi connectivity index (χ1v) is 12.2. The van der Waals surface area contributed by atoms with Crippen molar-refractivity contribution in [2.24, 2.45) is 21.4 Å². The number of esters is 1. The molecule has 1 aromatic carbocycles. The van der Waals surface area contributed by atoms with Crippen LogP contribution in [-0.2, 0) is 24.9 Å². The molecule has 194 valence electrons. The average Bonchev–Trinajstić information content (AvgIpc) is 2.68. The topological polar surface area (TPSA) is 74.2 Å². The number of hydrogen-bond donors (Lipinski definition) is 0. The highest BCUT2D eigenvalue weighted by Gasteiger charge is 2.47. The van der Waals surface area contributed by atoms with E-state index in [0.29, 0.717) is 12.2 Å². The van der Waals surface area contributed by atoms with Crippen LogP contribution < -0.4 is 4.74 Å². The van der Waals surface area contributed by atoms with Crippen LogP contribution in [0.3, 0.4) is 0 Å². The van der Waals surface area contributed by atoms with E-state index in [9.17, 15) is 22.2 Å². The van der Waals surface area contributed by atoms with Crippen LogP contribution in [0, 0.1) is 16.2 Å². The quantitative estimate of drug-likeness (QED) is 0.166. The average molecular weight is 508 g/mol. The summed E-state index contributed by atoms with van der Waals surface area (Å²) in [6, 6.07) is 5.07. The fourth-order valence-electron chi connectivity index (χ4n) is 3.34. The largest absolute Gasteiger partial charge is 0.497 e. The molecular weight excluding hydrogens is 471 g/mol. The Morgan fingerprint density at radius 1 is 1.00 bits per heavy atom. The van der Waals surface area contributed by atoms with E-state index in [2.05, 4.69) is 9.44 Å². The Hall–Kier alpha value is -2.10. The molecular formula is C24H36F3NO5S. The number of hydrogen-bond acceptors (Lipinski definition) is 6. The summed E-state index contributed by atoms with van der Waals surface area (Å²) in [5, 5.41) is 3.09. The van der Waals surface area contributed by atoms with Crippen molar-refractivity contribution in [1.29, 1.82) is 0 Å². The van der Waals surface area contributed by atoms with Gasteiger partial charge < -0.3 is 9.47 Å². The van der Waals surface area contributed by atoms with E-state index in [1.54, 1.807) is 0 Å². The number of oxime groups is 1. The molecule has 0 aliphatic rings. The first-order chi connectivity index (χ1) is 15.4. The summed E-state index contributed by atoms with van der Waals surface area (Å²) in [5.74, 6) is -0.122. The minimum absolute atomic E-state index is 0.0297. The van der Waals surface area contributed by atoms with Gasteiger partial charge in [0.25, 0.3) is 0 Å².